The second-order valence-corrected chi connectivity index (χ2v) is 8.39. The average Bonchev–Trinajstić information content (AvgIpc) is 3.16. The van der Waals surface area contributed by atoms with Gasteiger partial charge in [0.2, 0.25) is 10.0 Å². The summed E-state index contributed by atoms with van der Waals surface area (Å²) in [6.07, 6.45) is 0. The highest BCUT2D eigenvalue weighted by molar-refractivity contribution is 7.89. The third kappa shape index (κ3) is 3.01. The van der Waals surface area contributed by atoms with E-state index in [4.69, 9.17) is 9.47 Å². The van der Waals surface area contributed by atoms with Crippen molar-refractivity contribution in [3.8, 4) is 5.75 Å². The minimum Gasteiger partial charge on any atom is -0.496 e. The van der Waals surface area contributed by atoms with Crippen molar-refractivity contribution in [3.63, 3.8) is 0 Å². The molecule has 1 fully saturated rings. The van der Waals surface area contributed by atoms with Crippen LogP contribution in [0.25, 0.3) is 0 Å². The normalized spacial score (nSPS) is 20.7. The summed E-state index contributed by atoms with van der Waals surface area (Å²) >= 11 is 0. The summed E-state index contributed by atoms with van der Waals surface area (Å²) in [6, 6.07) is 12.6. The van der Waals surface area contributed by atoms with Crippen molar-refractivity contribution in [2.45, 2.75) is 24.2 Å². The smallest absolute Gasteiger partial charge is 0.243 e. The molecule has 0 bridgehead atoms. The maximum atomic E-state index is 13.4. The molecule has 0 spiro atoms. The molecule has 6 nitrogen and oxygen atoms in total. The Bertz CT molecular complexity index is 914. The van der Waals surface area contributed by atoms with Gasteiger partial charge in [-0.2, -0.15) is 4.31 Å². The highest BCUT2D eigenvalue weighted by Gasteiger charge is 2.36. The Morgan fingerprint density at radius 1 is 1.15 bits per heavy atom. The predicted octanol–water partition coefficient (Wildman–Crippen LogP) is 2.06. The van der Waals surface area contributed by atoms with Crippen LogP contribution in [0.3, 0.4) is 0 Å². The molecule has 2 aliphatic heterocycles. The minimum atomic E-state index is -3.62. The Morgan fingerprint density at radius 2 is 1.96 bits per heavy atom. The number of benzene rings is 2. The van der Waals surface area contributed by atoms with Crippen LogP contribution in [-0.2, 0) is 28.0 Å². The zero-order chi connectivity index (χ0) is 18.1. The Balaban J connectivity index is 1.73. The van der Waals surface area contributed by atoms with Gasteiger partial charge in [-0.05, 0) is 29.3 Å². The number of hydrogen-bond donors (Lipinski definition) is 1. The van der Waals surface area contributed by atoms with Crippen molar-refractivity contribution >= 4 is 10.0 Å². The van der Waals surface area contributed by atoms with Gasteiger partial charge in [0.05, 0.1) is 31.3 Å². The number of fused-ring (bicyclic) bond motifs is 1. The van der Waals surface area contributed by atoms with Crippen LogP contribution in [0.5, 0.6) is 5.75 Å². The molecule has 26 heavy (non-hydrogen) atoms. The Kier molecular flexibility index (Phi) is 4.71. The number of rotatable bonds is 4. The highest BCUT2D eigenvalue weighted by Crippen LogP contribution is 2.34. The van der Waals surface area contributed by atoms with E-state index < -0.39 is 10.0 Å². The lowest BCUT2D eigenvalue weighted by atomic mass is 10.0. The number of nitrogens with zero attached hydrogens (tertiary/aromatic N) is 1. The molecular formula is C19H22N2O4S. The number of methoxy groups -OCH3 is 1. The van der Waals surface area contributed by atoms with E-state index in [1.54, 1.807) is 23.5 Å². The van der Waals surface area contributed by atoms with E-state index in [1.165, 1.54) is 0 Å². The van der Waals surface area contributed by atoms with Crippen LogP contribution < -0.4 is 10.1 Å². The molecule has 1 atom stereocenters. The van der Waals surface area contributed by atoms with Crippen LogP contribution in [0.2, 0.25) is 0 Å². The molecule has 2 heterocycles. The summed E-state index contributed by atoms with van der Waals surface area (Å²) in [7, 11) is -2.02. The predicted molar refractivity (Wildman–Crippen MR) is 97.4 cm³/mol. The van der Waals surface area contributed by atoms with Gasteiger partial charge in [-0.15, -0.1) is 0 Å². The van der Waals surface area contributed by atoms with E-state index in [9.17, 15) is 8.42 Å². The molecule has 0 aromatic heterocycles. The Labute approximate surface area is 153 Å². The number of hydrogen-bond acceptors (Lipinski definition) is 5. The first-order valence-electron chi connectivity index (χ1n) is 8.66. The average molecular weight is 374 g/mol. The van der Waals surface area contributed by atoms with Crippen LogP contribution >= 0.6 is 0 Å². The molecule has 1 saturated heterocycles. The molecule has 0 aliphatic carbocycles. The molecule has 0 saturated carbocycles. The lowest BCUT2D eigenvalue weighted by Crippen LogP contribution is -2.48. The molecule has 2 aliphatic rings. The summed E-state index contributed by atoms with van der Waals surface area (Å²) in [4.78, 5) is 0.323. The highest BCUT2D eigenvalue weighted by atomic mass is 32.2. The van der Waals surface area contributed by atoms with E-state index in [2.05, 4.69) is 5.32 Å². The van der Waals surface area contributed by atoms with Gasteiger partial charge in [-0.25, -0.2) is 8.42 Å². The van der Waals surface area contributed by atoms with Gasteiger partial charge in [0, 0.05) is 25.2 Å². The van der Waals surface area contributed by atoms with Gasteiger partial charge in [0.25, 0.3) is 0 Å². The monoisotopic (exact) mass is 374 g/mol. The van der Waals surface area contributed by atoms with Crippen LogP contribution in [0.4, 0.5) is 0 Å². The molecule has 1 unspecified atom stereocenters. The van der Waals surface area contributed by atoms with Gasteiger partial charge in [0.15, 0.2) is 0 Å². The largest absolute Gasteiger partial charge is 0.496 e. The standard InChI is InChI=1S/C19H22N2O4S/c1-24-19-5-3-2-4-17(19)18-11-20-8-9-21(18)26(22,23)16-7-6-14-12-25-13-15(14)10-16/h2-7,10,18,20H,8-9,11-13H2,1H3. The summed E-state index contributed by atoms with van der Waals surface area (Å²) in [5.41, 5.74) is 2.89. The summed E-state index contributed by atoms with van der Waals surface area (Å²) in [5, 5.41) is 3.30. The molecular weight excluding hydrogens is 352 g/mol. The number of ether oxygens (including phenoxy) is 2. The van der Waals surface area contributed by atoms with Gasteiger partial charge in [-0.3, -0.25) is 0 Å². The van der Waals surface area contributed by atoms with Gasteiger partial charge in [-0.1, -0.05) is 24.3 Å². The van der Waals surface area contributed by atoms with Crippen LogP contribution in [-0.4, -0.2) is 39.5 Å². The maximum Gasteiger partial charge on any atom is 0.243 e. The topological polar surface area (TPSA) is 67.9 Å². The number of piperazine rings is 1. The lowest BCUT2D eigenvalue weighted by molar-refractivity contribution is 0.134. The Morgan fingerprint density at radius 3 is 2.81 bits per heavy atom. The molecule has 2 aromatic carbocycles. The van der Waals surface area contributed by atoms with Crippen molar-refractivity contribution in [2.24, 2.45) is 0 Å². The van der Waals surface area contributed by atoms with Gasteiger partial charge in [0.1, 0.15) is 5.75 Å². The van der Waals surface area contributed by atoms with Crippen LogP contribution in [0.1, 0.15) is 22.7 Å². The fourth-order valence-corrected chi connectivity index (χ4v) is 5.28. The van der Waals surface area contributed by atoms with Crippen molar-refractivity contribution < 1.29 is 17.9 Å². The minimum absolute atomic E-state index is 0.311. The zero-order valence-electron chi connectivity index (χ0n) is 14.6. The molecule has 1 N–H and O–H groups in total. The third-order valence-corrected chi connectivity index (χ3v) is 6.90. The van der Waals surface area contributed by atoms with Gasteiger partial charge >= 0.3 is 0 Å². The third-order valence-electron chi connectivity index (χ3n) is 4.99. The fourth-order valence-electron chi connectivity index (χ4n) is 3.62. The molecule has 138 valence electrons. The second kappa shape index (κ2) is 7.00. The SMILES string of the molecule is COc1ccccc1C1CNCCN1S(=O)(=O)c1ccc2c(c1)COC2. The first-order chi connectivity index (χ1) is 12.6. The van der Waals surface area contributed by atoms with E-state index in [-0.39, 0.29) is 6.04 Å². The first kappa shape index (κ1) is 17.5. The van der Waals surface area contributed by atoms with E-state index in [0.29, 0.717) is 43.5 Å². The quantitative estimate of drug-likeness (QED) is 0.887. The number of nitrogens with one attached hydrogen (secondary N) is 1. The fraction of sp³-hybridized carbons (Fsp3) is 0.368. The second-order valence-electron chi connectivity index (χ2n) is 6.50. The lowest BCUT2D eigenvalue weighted by Gasteiger charge is -2.36. The van der Waals surface area contributed by atoms with Crippen molar-refractivity contribution in [1.82, 2.24) is 9.62 Å². The zero-order valence-corrected chi connectivity index (χ0v) is 15.5. The van der Waals surface area contributed by atoms with Gasteiger partial charge < -0.3 is 14.8 Å². The first-order valence-corrected chi connectivity index (χ1v) is 10.1. The van der Waals surface area contributed by atoms with E-state index >= 15 is 0 Å². The number of para-hydroxylation sites is 1. The van der Waals surface area contributed by atoms with Crippen molar-refractivity contribution in [2.75, 3.05) is 26.7 Å². The molecule has 2 aromatic rings. The summed E-state index contributed by atoms with van der Waals surface area (Å²) in [6.45, 7) is 2.61. The molecule has 4 rings (SSSR count). The molecule has 0 amide bonds. The van der Waals surface area contributed by atoms with E-state index in [1.807, 2.05) is 30.3 Å². The van der Waals surface area contributed by atoms with Crippen LogP contribution in [0, 0.1) is 0 Å². The summed E-state index contributed by atoms with van der Waals surface area (Å²) in [5.74, 6) is 0.698. The Hall–Kier alpha value is -1.93. The molecule has 0 radical (unpaired) electrons. The van der Waals surface area contributed by atoms with Crippen molar-refractivity contribution in [3.05, 3.63) is 59.2 Å². The van der Waals surface area contributed by atoms with E-state index in [0.717, 1.165) is 16.7 Å². The summed E-state index contributed by atoms with van der Waals surface area (Å²) < 4.78 is 39.2. The van der Waals surface area contributed by atoms with Crippen molar-refractivity contribution in [1.29, 1.82) is 0 Å². The molecule has 7 heteroatoms. The van der Waals surface area contributed by atoms with Crippen LogP contribution in [0.15, 0.2) is 47.4 Å². The maximum absolute atomic E-state index is 13.4. The number of sulfonamides is 1.